The molecule has 2 aromatic rings. The minimum Gasteiger partial charge on any atom is -0.460 e. The molecule has 1 N–H and O–H groups in total. The first kappa shape index (κ1) is 12.2. The van der Waals surface area contributed by atoms with Crippen LogP contribution in [0.3, 0.4) is 0 Å². The summed E-state index contributed by atoms with van der Waals surface area (Å²) in [6.45, 7) is 0.730. The maximum Gasteiger partial charge on any atom is 0.134 e. The van der Waals surface area contributed by atoms with E-state index >= 15 is 0 Å². The molecule has 3 rings (SSSR count). The van der Waals surface area contributed by atoms with Crippen molar-refractivity contribution in [1.29, 1.82) is 0 Å². The van der Waals surface area contributed by atoms with E-state index in [0.29, 0.717) is 6.04 Å². The monoisotopic (exact) mass is 257 g/mol. The van der Waals surface area contributed by atoms with Crippen LogP contribution in [0.25, 0.3) is 11.3 Å². The molecule has 1 aromatic heterocycles. The molecular weight excluding hydrogens is 241 g/mol. The van der Waals surface area contributed by atoms with Crippen LogP contribution in [-0.4, -0.2) is 6.04 Å². The molecule has 1 aromatic carbocycles. The molecule has 0 aliphatic heterocycles. The summed E-state index contributed by atoms with van der Waals surface area (Å²) in [5, 5.41) is 3.46. The molecule has 0 saturated heterocycles. The number of furan rings is 1. The van der Waals surface area contributed by atoms with Gasteiger partial charge in [0.05, 0.1) is 6.54 Å². The summed E-state index contributed by atoms with van der Waals surface area (Å²) in [6, 6.07) is 10.8. The van der Waals surface area contributed by atoms with Crippen LogP contribution in [0, 0.1) is 5.82 Å². The van der Waals surface area contributed by atoms with E-state index in [1.165, 1.54) is 12.1 Å². The lowest BCUT2D eigenvalue weighted by atomic mass is 10.2. The lowest BCUT2D eigenvalue weighted by Gasteiger charge is -2.09. The van der Waals surface area contributed by atoms with E-state index in [9.17, 15) is 4.39 Å². The summed E-state index contributed by atoms with van der Waals surface area (Å²) < 4.78 is 18.6. The van der Waals surface area contributed by atoms with Crippen molar-refractivity contribution in [3.8, 4) is 11.3 Å². The number of hydrogen-bond donors (Lipinski definition) is 1. The van der Waals surface area contributed by atoms with Gasteiger partial charge in [-0.1, -0.05) is 12.2 Å². The van der Waals surface area contributed by atoms with E-state index in [2.05, 4.69) is 17.5 Å². The largest absolute Gasteiger partial charge is 0.460 e. The number of rotatable bonds is 4. The molecule has 1 heterocycles. The van der Waals surface area contributed by atoms with E-state index in [-0.39, 0.29) is 5.82 Å². The third-order valence-corrected chi connectivity index (χ3v) is 3.36. The Morgan fingerprint density at radius 1 is 1.05 bits per heavy atom. The van der Waals surface area contributed by atoms with Gasteiger partial charge in [0, 0.05) is 11.6 Å². The Morgan fingerprint density at radius 3 is 2.53 bits per heavy atom. The first-order valence-electron chi connectivity index (χ1n) is 6.54. The standard InChI is InChI=1S/C16H16FNO/c17-13-7-5-12(6-8-13)16-10-9-15(19-16)11-18-14-3-1-2-4-14/h1-2,5-10,14,18H,3-4,11H2. The van der Waals surface area contributed by atoms with Crippen molar-refractivity contribution in [2.75, 3.05) is 0 Å². The second-order valence-corrected chi connectivity index (χ2v) is 4.79. The first-order valence-corrected chi connectivity index (χ1v) is 6.54. The highest BCUT2D eigenvalue weighted by atomic mass is 19.1. The summed E-state index contributed by atoms with van der Waals surface area (Å²) in [4.78, 5) is 0. The van der Waals surface area contributed by atoms with Gasteiger partial charge in [-0.2, -0.15) is 0 Å². The highest BCUT2D eigenvalue weighted by Gasteiger charge is 2.10. The fraction of sp³-hybridized carbons (Fsp3) is 0.250. The van der Waals surface area contributed by atoms with E-state index in [1.807, 2.05) is 12.1 Å². The molecule has 98 valence electrons. The molecule has 0 radical (unpaired) electrons. The first-order chi connectivity index (χ1) is 9.31. The van der Waals surface area contributed by atoms with Crippen LogP contribution >= 0.6 is 0 Å². The number of benzene rings is 1. The highest BCUT2D eigenvalue weighted by Crippen LogP contribution is 2.22. The molecule has 1 aliphatic rings. The zero-order valence-electron chi connectivity index (χ0n) is 10.6. The molecule has 0 atom stereocenters. The van der Waals surface area contributed by atoms with Crippen LogP contribution in [0.1, 0.15) is 18.6 Å². The predicted octanol–water partition coefficient (Wildman–Crippen LogP) is 3.89. The summed E-state index contributed by atoms with van der Waals surface area (Å²) in [5.41, 5.74) is 0.898. The number of hydrogen-bond acceptors (Lipinski definition) is 2. The van der Waals surface area contributed by atoms with Gasteiger partial charge < -0.3 is 9.73 Å². The SMILES string of the molecule is Fc1ccc(-c2ccc(CNC3CC=CC3)o2)cc1. The third kappa shape index (κ3) is 2.93. The fourth-order valence-electron chi connectivity index (χ4n) is 2.27. The molecular formula is C16H16FNO. The zero-order chi connectivity index (χ0) is 13.1. The summed E-state index contributed by atoms with van der Waals surface area (Å²) in [5.74, 6) is 1.46. The predicted molar refractivity (Wildman–Crippen MR) is 73.1 cm³/mol. The van der Waals surface area contributed by atoms with E-state index < -0.39 is 0 Å². The van der Waals surface area contributed by atoms with Crippen molar-refractivity contribution < 1.29 is 8.81 Å². The Hall–Kier alpha value is -1.87. The van der Waals surface area contributed by atoms with Gasteiger partial charge in [-0.05, 0) is 49.2 Å². The van der Waals surface area contributed by atoms with Crippen molar-refractivity contribution in [2.24, 2.45) is 0 Å². The van der Waals surface area contributed by atoms with Gasteiger partial charge >= 0.3 is 0 Å². The Kier molecular flexibility index (Phi) is 3.47. The van der Waals surface area contributed by atoms with Gasteiger partial charge in [0.25, 0.3) is 0 Å². The van der Waals surface area contributed by atoms with Crippen molar-refractivity contribution in [3.05, 3.63) is 60.1 Å². The van der Waals surface area contributed by atoms with Crippen molar-refractivity contribution >= 4 is 0 Å². The smallest absolute Gasteiger partial charge is 0.134 e. The Bertz CT molecular complexity index is 563. The second kappa shape index (κ2) is 5.41. The van der Waals surface area contributed by atoms with Crippen LogP contribution in [0.5, 0.6) is 0 Å². The van der Waals surface area contributed by atoms with Crippen molar-refractivity contribution in [3.63, 3.8) is 0 Å². The quantitative estimate of drug-likeness (QED) is 0.840. The molecule has 1 aliphatic carbocycles. The molecule has 19 heavy (non-hydrogen) atoms. The van der Waals surface area contributed by atoms with Crippen molar-refractivity contribution in [2.45, 2.75) is 25.4 Å². The number of halogens is 1. The minimum atomic E-state index is -0.231. The molecule has 0 bridgehead atoms. The van der Waals surface area contributed by atoms with E-state index in [0.717, 1.165) is 36.5 Å². The van der Waals surface area contributed by atoms with Gasteiger partial charge in [0.15, 0.2) is 0 Å². The normalized spacial score (nSPS) is 15.2. The van der Waals surface area contributed by atoms with Gasteiger partial charge in [-0.15, -0.1) is 0 Å². The molecule has 0 unspecified atom stereocenters. The van der Waals surface area contributed by atoms with Crippen LogP contribution < -0.4 is 5.32 Å². The zero-order valence-corrected chi connectivity index (χ0v) is 10.6. The molecule has 0 spiro atoms. The van der Waals surface area contributed by atoms with Crippen molar-refractivity contribution in [1.82, 2.24) is 5.32 Å². The van der Waals surface area contributed by atoms with Crippen LogP contribution in [0.2, 0.25) is 0 Å². The average molecular weight is 257 g/mol. The molecule has 0 amide bonds. The molecule has 0 saturated carbocycles. The Balaban J connectivity index is 1.64. The Morgan fingerprint density at radius 2 is 1.79 bits per heavy atom. The van der Waals surface area contributed by atoms with Gasteiger partial charge in [-0.3, -0.25) is 0 Å². The van der Waals surface area contributed by atoms with Gasteiger partial charge in [0.2, 0.25) is 0 Å². The summed E-state index contributed by atoms with van der Waals surface area (Å²) in [6.07, 6.45) is 6.57. The molecule has 2 nitrogen and oxygen atoms in total. The fourth-order valence-corrected chi connectivity index (χ4v) is 2.27. The van der Waals surface area contributed by atoms with E-state index in [4.69, 9.17) is 4.42 Å². The van der Waals surface area contributed by atoms with E-state index in [1.54, 1.807) is 12.1 Å². The second-order valence-electron chi connectivity index (χ2n) is 4.79. The van der Waals surface area contributed by atoms with Gasteiger partial charge in [0.1, 0.15) is 17.3 Å². The molecule has 0 fully saturated rings. The number of nitrogens with one attached hydrogen (secondary N) is 1. The minimum absolute atomic E-state index is 0.231. The van der Waals surface area contributed by atoms with Crippen LogP contribution in [0.15, 0.2) is 53.0 Å². The molecule has 3 heteroatoms. The lowest BCUT2D eigenvalue weighted by Crippen LogP contribution is -2.25. The van der Waals surface area contributed by atoms with Gasteiger partial charge in [-0.25, -0.2) is 4.39 Å². The Labute approximate surface area is 111 Å². The average Bonchev–Trinajstić information content (AvgIpc) is 3.09. The maximum absolute atomic E-state index is 12.9. The highest BCUT2D eigenvalue weighted by molar-refractivity contribution is 5.57. The van der Waals surface area contributed by atoms with Crippen LogP contribution in [-0.2, 0) is 6.54 Å². The summed E-state index contributed by atoms with van der Waals surface area (Å²) in [7, 11) is 0. The van der Waals surface area contributed by atoms with Crippen LogP contribution in [0.4, 0.5) is 4.39 Å². The summed E-state index contributed by atoms with van der Waals surface area (Å²) >= 11 is 0. The third-order valence-electron chi connectivity index (χ3n) is 3.36. The lowest BCUT2D eigenvalue weighted by molar-refractivity contribution is 0.457. The topological polar surface area (TPSA) is 25.2 Å². The maximum atomic E-state index is 12.9.